The van der Waals surface area contributed by atoms with E-state index >= 15 is 0 Å². The summed E-state index contributed by atoms with van der Waals surface area (Å²) < 4.78 is 76.2. The van der Waals surface area contributed by atoms with Crippen molar-refractivity contribution < 1.29 is 55.8 Å². The van der Waals surface area contributed by atoms with Crippen molar-refractivity contribution in [1.82, 2.24) is 9.97 Å². The second-order valence-corrected chi connectivity index (χ2v) is 16.4. The van der Waals surface area contributed by atoms with Crippen LogP contribution in [0.3, 0.4) is 0 Å². The highest BCUT2D eigenvalue weighted by Crippen LogP contribution is 2.43. The molecule has 0 atom stereocenters. The van der Waals surface area contributed by atoms with Gasteiger partial charge in [-0.25, -0.2) is 17.6 Å². The van der Waals surface area contributed by atoms with Crippen LogP contribution in [0.2, 0.25) is 0 Å². The van der Waals surface area contributed by atoms with Crippen LogP contribution in [0.15, 0.2) is 65.4 Å². The standard InChI is InChI=1S/C13H11BF2N2O3.C13H9BrF2N2O.C12H24B2O4/c1-7-10(4-8(6-17-7)14(20)21)13(19)18-9-2-3-11(15)12(16)5-9;1-7-10(4-8(14)6-17-7)13(19)18-9-2-3-11(15)12(16)5-9;1-9(2)10(3,4)16-13(15-9)14-17-11(5,6)12(7,8)18-14/h2-6,20-21H,1H3,(H,18,19);2-6H,1H3,(H,18,19);1-8H3. The first-order valence-corrected chi connectivity index (χ1v) is 18.7. The number of hydrogen-bond donors (Lipinski definition) is 4. The summed E-state index contributed by atoms with van der Waals surface area (Å²) in [4.78, 5) is 32.0. The van der Waals surface area contributed by atoms with Gasteiger partial charge in [-0.2, -0.15) is 0 Å². The Bertz CT molecular complexity index is 2100. The number of aromatic nitrogens is 2. The van der Waals surface area contributed by atoms with Gasteiger partial charge in [0.15, 0.2) is 23.3 Å². The van der Waals surface area contributed by atoms with Gasteiger partial charge in [-0.05, 0) is 122 Å². The van der Waals surface area contributed by atoms with Crippen molar-refractivity contribution in [3.63, 3.8) is 0 Å². The Labute approximate surface area is 344 Å². The molecular formula is C38H44B3BrF4N4O8. The highest BCUT2D eigenvalue weighted by Gasteiger charge is 2.63. The molecule has 20 heteroatoms. The molecule has 0 bridgehead atoms. The van der Waals surface area contributed by atoms with Crippen molar-refractivity contribution in [2.75, 3.05) is 10.6 Å². The first kappa shape index (κ1) is 46.5. The SMILES string of the molecule is CC1(C)OB(B2OC(C)(C)C(C)(C)O2)OC1(C)C.Cc1ncc(B(O)O)cc1C(=O)Nc1ccc(F)c(F)c1.Cc1ncc(Br)cc1C(=O)Nc1ccc(F)c(F)c1. The van der Waals surface area contributed by atoms with Gasteiger partial charge in [0.2, 0.25) is 0 Å². The van der Waals surface area contributed by atoms with Crippen LogP contribution in [-0.2, 0) is 18.6 Å². The largest absolute Gasteiger partial charge is 0.490 e. The van der Waals surface area contributed by atoms with Crippen LogP contribution in [0.25, 0.3) is 0 Å². The van der Waals surface area contributed by atoms with Crippen LogP contribution in [0.5, 0.6) is 0 Å². The van der Waals surface area contributed by atoms with Crippen molar-refractivity contribution >= 4 is 65.7 Å². The van der Waals surface area contributed by atoms with Gasteiger partial charge in [0.05, 0.1) is 39.2 Å². The van der Waals surface area contributed by atoms with Crippen LogP contribution >= 0.6 is 15.9 Å². The quantitative estimate of drug-likeness (QED) is 0.124. The summed E-state index contributed by atoms with van der Waals surface area (Å²) in [6.45, 7) is 19.5. The summed E-state index contributed by atoms with van der Waals surface area (Å²) >= 11 is 3.22. The number of pyridine rings is 2. The molecule has 4 aromatic rings. The van der Waals surface area contributed by atoms with E-state index in [0.29, 0.717) is 21.4 Å². The molecule has 4 heterocycles. The molecule has 0 spiro atoms. The van der Waals surface area contributed by atoms with Gasteiger partial charge >= 0.3 is 21.1 Å². The average molecular weight is 873 g/mol. The Balaban J connectivity index is 0.000000193. The maximum atomic E-state index is 13.1. The molecule has 0 radical (unpaired) electrons. The van der Waals surface area contributed by atoms with Gasteiger partial charge in [0.25, 0.3) is 11.8 Å². The van der Waals surface area contributed by atoms with E-state index in [1.165, 1.54) is 24.4 Å². The minimum absolute atomic E-state index is 0.0519. The number of anilines is 2. The summed E-state index contributed by atoms with van der Waals surface area (Å²) in [6, 6.07) is 9.00. The summed E-state index contributed by atoms with van der Waals surface area (Å²) in [5, 5.41) is 23.0. The third-order valence-electron chi connectivity index (χ3n) is 10.1. The van der Waals surface area contributed by atoms with Crippen molar-refractivity contribution in [2.24, 2.45) is 0 Å². The van der Waals surface area contributed by atoms with E-state index in [2.05, 4.69) is 36.5 Å². The van der Waals surface area contributed by atoms with E-state index < -0.39 is 56.2 Å². The fraction of sp³-hybridized carbons (Fsp3) is 0.368. The molecule has 6 rings (SSSR count). The molecule has 0 aliphatic carbocycles. The van der Waals surface area contributed by atoms with Crippen LogP contribution in [0, 0.1) is 37.1 Å². The number of carbonyl (C=O) groups is 2. The van der Waals surface area contributed by atoms with Crippen molar-refractivity contribution in [3.8, 4) is 0 Å². The smallest absolute Gasteiger partial charge is 0.423 e. The number of nitrogens with one attached hydrogen (secondary N) is 2. The van der Waals surface area contributed by atoms with E-state index in [1.807, 2.05) is 55.4 Å². The molecule has 2 saturated heterocycles. The molecule has 2 fully saturated rings. The van der Waals surface area contributed by atoms with Crippen molar-refractivity contribution in [1.29, 1.82) is 0 Å². The van der Waals surface area contributed by atoms with Gasteiger partial charge in [-0.15, -0.1) is 0 Å². The van der Waals surface area contributed by atoms with Gasteiger partial charge in [0.1, 0.15) is 0 Å². The first-order valence-electron chi connectivity index (χ1n) is 17.9. The summed E-state index contributed by atoms with van der Waals surface area (Å²) in [5.41, 5.74) is 0.241. The predicted molar refractivity (Wildman–Crippen MR) is 216 cm³/mol. The van der Waals surface area contributed by atoms with Crippen LogP contribution in [-0.4, -0.2) is 75.4 Å². The zero-order valence-electron chi connectivity index (χ0n) is 33.6. The molecule has 0 saturated carbocycles. The molecule has 0 unspecified atom stereocenters. The summed E-state index contributed by atoms with van der Waals surface area (Å²) in [6.07, 6.45) is 2.80. The lowest BCUT2D eigenvalue weighted by Crippen LogP contribution is -2.41. The van der Waals surface area contributed by atoms with Crippen LogP contribution in [0.1, 0.15) is 87.5 Å². The molecule has 58 heavy (non-hydrogen) atoms. The van der Waals surface area contributed by atoms with Crippen molar-refractivity contribution in [2.45, 2.75) is 91.6 Å². The zero-order chi connectivity index (χ0) is 43.5. The Morgan fingerprint density at radius 3 is 1.34 bits per heavy atom. The average Bonchev–Trinajstić information content (AvgIpc) is 3.49. The molecule has 4 N–H and O–H groups in total. The monoisotopic (exact) mass is 872 g/mol. The van der Waals surface area contributed by atoms with E-state index in [-0.39, 0.29) is 44.8 Å². The lowest BCUT2D eigenvalue weighted by Gasteiger charge is -2.32. The lowest BCUT2D eigenvalue weighted by molar-refractivity contribution is 0.00578. The topological polar surface area (TPSA) is 161 Å². The van der Waals surface area contributed by atoms with E-state index in [1.54, 1.807) is 26.1 Å². The van der Waals surface area contributed by atoms with Crippen molar-refractivity contribution in [3.05, 3.63) is 111 Å². The second kappa shape index (κ2) is 18.0. The molecule has 2 amide bonds. The number of carbonyl (C=O) groups excluding carboxylic acids is 2. The molecule has 308 valence electrons. The third kappa shape index (κ3) is 11.1. The molecule has 2 aromatic heterocycles. The van der Waals surface area contributed by atoms with Gasteiger partial charge in [-0.1, -0.05) is 0 Å². The summed E-state index contributed by atoms with van der Waals surface area (Å²) in [5.74, 6) is -5.12. The maximum Gasteiger partial charge on any atom is 0.490 e. The number of halogens is 5. The Morgan fingerprint density at radius 1 is 0.621 bits per heavy atom. The zero-order valence-corrected chi connectivity index (χ0v) is 35.2. The molecule has 2 aliphatic rings. The third-order valence-corrected chi connectivity index (χ3v) is 10.5. The maximum absolute atomic E-state index is 13.1. The van der Waals surface area contributed by atoms with E-state index in [0.717, 1.165) is 24.3 Å². The van der Waals surface area contributed by atoms with Gasteiger partial charge in [0, 0.05) is 51.5 Å². The normalized spacial score (nSPS) is 17.1. The Kier molecular flexibility index (Phi) is 14.4. The van der Waals surface area contributed by atoms with Crippen LogP contribution in [0.4, 0.5) is 28.9 Å². The minimum Gasteiger partial charge on any atom is -0.423 e. The van der Waals surface area contributed by atoms with Crippen LogP contribution < -0.4 is 16.1 Å². The predicted octanol–water partition coefficient (Wildman–Crippen LogP) is 6.53. The number of benzene rings is 2. The second-order valence-electron chi connectivity index (χ2n) is 15.5. The first-order chi connectivity index (χ1) is 26.7. The Morgan fingerprint density at radius 2 is 0.983 bits per heavy atom. The molecule has 12 nitrogen and oxygen atoms in total. The minimum atomic E-state index is -1.76. The van der Waals surface area contributed by atoms with Gasteiger partial charge < -0.3 is 39.3 Å². The lowest BCUT2D eigenvalue weighted by atomic mass is 9.49. The number of aryl methyl sites for hydroxylation is 2. The molecule has 2 aromatic carbocycles. The number of amides is 2. The fourth-order valence-corrected chi connectivity index (χ4v) is 5.53. The summed E-state index contributed by atoms with van der Waals surface area (Å²) in [7, 11) is -2.71. The van der Waals surface area contributed by atoms with E-state index in [4.69, 9.17) is 28.7 Å². The number of nitrogens with zero attached hydrogens (tertiary/aromatic N) is 2. The Hall–Kier alpha value is -4.17. The number of hydrogen-bond acceptors (Lipinski definition) is 10. The highest BCUT2D eigenvalue weighted by atomic mass is 79.9. The highest BCUT2D eigenvalue weighted by molar-refractivity contribution is 9.10. The van der Waals surface area contributed by atoms with E-state index in [9.17, 15) is 27.2 Å². The molecular weight excluding hydrogens is 829 g/mol. The number of rotatable bonds is 6. The van der Waals surface area contributed by atoms with Gasteiger partial charge in [-0.3, -0.25) is 19.6 Å². The fourth-order valence-electron chi connectivity index (χ4n) is 5.20. The molecule has 2 aliphatic heterocycles.